The number of amides is 1. The van der Waals surface area contributed by atoms with Crippen molar-refractivity contribution in [2.75, 3.05) is 19.7 Å². The van der Waals surface area contributed by atoms with Gasteiger partial charge in [0.25, 0.3) is 0 Å². The van der Waals surface area contributed by atoms with Gasteiger partial charge in [0.15, 0.2) is 0 Å². The Kier molecular flexibility index (Phi) is 5.01. The molecule has 1 N–H and O–H groups in total. The number of rotatable bonds is 4. The first-order valence-electron chi connectivity index (χ1n) is 7.51. The molecule has 0 radical (unpaired) electrons. The Hall–Kier alpha value is -1.39. The van der Waals surface area contributed by atoms with Gasteiger partial charge in [0.2, 0.25) is 5.91 Å². The number of carbonyl (C=O) groups is 1. The summed E-state index contributed by atoms with van der Waals surface area (Å²) in [7, 11) is 0. The minimum Gasteiger partial charge on any atom is -0.394 e. The quantitative estimate of drug-likeness (QED) is 0.922. The molecule has 0 aliphatic carbocycles. The number of hydrogen-bond donors (Lipinski definition) is 1. The summed E-state index contributed by atoms with van der Waals surface area (Å²) in [5.41, 5.74) is 2.01. The molecular weight excluding hydrogens is 266 g/mol. The van der Waals surface area contributed by atoms with E-state index in [-0.39, 0.29) is 18.6 Å². The van der Waals surface area contributed by atoms with Crippen molar-refractivity contribution >= 4 is 5.91 Å². The molecule has 1 fully saturated rings. The Morgan fingerprint density at radius 3 is 2.90 bits per heavy atom. The van der Waals surface area contributed by atoms with Crippen LogP contribution in [0.1, 0.15) is 31.4 Å². The van der Waals surface area contributed by atoms with E-state index < -0.39 is 5.60 Å². The zero-order valence-electron chi connectivity index (χ0n) is 13.1. The lowest BCUT2D eigenvalue weighted by molar-refractivity contribution is -0.166. The molecule has 0 spiro atoms. The third-order valence-corrected chi connectivity index (χ3v) is 3.75. The molecule has 0 bridgehead atoms. The van der Waals surface area contributed by atoms with Crippen molar-refractivity contribution in [1.82, 2.24) is 4.90 Å². The van der Waals surface area contributed by atoms with Gasteiger partial charge in [-0.1, -0.05) is 29.8 Å². The van der Waals surface area contributed by atoms with Crippen molar-refractivity contribution in [3.63, 3.8) is 0 Å². The molecule has 0 saturated carbocycles. The maximum Gasteiger partial charge on any atom is 0.223 e. The van der Waals surface area contributed by atoms with E-state index in [1.54, 1.807) is 0 Å². The highest BCUT2D eigenvalue weighted by atomic mass is 16.5. The van der Waals surface area contributed by atoms with Gasteiger partial charge in [0, 0.05) is 19.5 Å². The first-order chi connectivity index (χ1) is 9.89. The summed E-state index contributed by atoms with van der Waals surface area (Å²) < 4.78 is 5.74. The average molecular weight is 291 g/mol. The summed E-state index contributed by atoms with van der Waals surface area (Å²) >= 11 is 0. The van der Waals surface area contributed by atoms with E-state index in [2.05, 4.69) is 25.1 Å². The van der Waals surface area contributed by atoms with Crippen molar-refractivity contribution in [1.29, 1.82) is 0 Å². The van der Waals surface area contributed by atoms with E-state index in [0.717, 1.165) is 6.42 Å². The Morgan fingerprint density at radius 2 is 2.24 bits per heavy atom. The number of hydrogen-bond acceptors (Lipinski definition) is 3. The van der Waals surface area contributed by atoms with Crippen LogP contribution in [-0.2, 0) is 16.0 Å². The van der Waals surface area contributed by atoms with Gasteiger partial charge in [-0.05, 0) is 32.8 Å². The van der Waals surface area contributed by atoms with Gasteiger partial charge in [-0.25, -0.2) is 0 Å². The number of aliphatic hydroxyl groups is 1. The van der Waals surface area contributed by atoms with Crippen LogP contribution in [0.5, 0.6) is 0 Å². The van der Waals surface area contributed by atoms with Gasteiger partial charge in [0.1, 0.15) is 0 Å². The molecule has 1 unspecified atom stereocenters. The van der Waals surface area contributed by atoms with E-state index in [1.807, 2.05) is 24.8 Å². The molecule has 116 valence electrons. The van der Waals surface area contributed by atoms with Crippen LogP contribution in [0.3, 0.4) is 0 Å². The topological polar surface area (TPSA) is 49.8 Å². The van der Waals surface area contributed by atoms with E-state index in [9.17, 15) is 9.90 Å². The number of nitrogens with zero attached hydrogens (tertiary/aromatic N) is 1. The molecule has 1 aliphatic rings. The van der Waals surface area contributed by atoms with Crippen LogP contribution < -0.4 is 0 Å². The normalized spacial score (nSPS) is 21.3. The molecule has 1 saturated heterocycles. The summed E-state index contributed by atoms with van der Waals surface area (Å²) in [5.74, 6) is 0.131. The summed E-state index contributed by atoms with van der Waals surface area (Å²) in [5, 5.41) is 9.30. The van der Waals surface area contributed by atoms with Crippen molar-refractivity contribution in [3.05, 3.63) is 35.4 Å². The highest BCUT2D eigenvalue weighted by Gasteiger charge is 2.34. The number of carbonyl (C=O) groups excluding carboxylic acids is 1. The lowest BCUT2D eigenvalue weighted by Crippen LogP contribution is -2.55. The molecule has 1 aromatic rings. The largest absolute Gasteiger partial charge is 0.394 e. The van der Waals surface area contributed by atoms with Crippen molar-refractivity contribution in [3.8, 4) is 0 Å². The summed E-state index contributed by atoms with van der Waals surface area (Å²) in [4.78, 5) is 14.2. The van der Waals surface area contributed by atoms with E-state index >= 15 is 0 Å². The molecule has 4 nitrogen and oxygen atoms in total. The smallest absolute Gasteiger partial charge is 0.223 e. The van der Waals surface area contributed by atoms with E-state index in [4.69, 9.17) is 4.74 Å². The van der Waals surface area contributed by atoms with Gasteiger partial charge in [0.05, 0.1) is 18.3 Å². The molecule has 4 heteroatoms. The zero-order valence-corrected chi connectivity index (χ0v) is 13.1. The van der Waals surface area contributed by atoms with E-state index in [0.29, 0.717) is 19.5 Å². The lowest BCUT2D eigenvalue weighted by Gasteiger charge is -2.42. The number of ether oxygens (including phenoxy) is 1. The summed E-state index contributed by atoms with van der Waals surface area (Å²) in [6, 6.07) is 8.25. The Bertz CT molecular complexity index is 499. The SMILES string of the molecule is Cc1cccc(CCC(=O)N2CC(CO)OC(C)(C)C2)c1. The Labute approximate surface area is 126 Å². The maximum absolute atomic E-state index is 12.4. The highest BCUT2D eigenvalue weighted by molar-refractivity contribution is 5.76. The zero-order chi connectivity index (χ0) is 15.5. The molecular formula is C17H25NO3. The van der Waals surface area contributed by atoms with Gasteiger partial charge >= 0.3 is 0 Å². The molecule has 21 heavy (non-hydrogen) atoms. The first kappa shape index (κ1) is 16.0. The van der Waals surface area contributed by atoms with Crippen LogP contribution in [-0.4, -0.2) is 47.3 Å². The number of aryl methyl sites for hydroxylation is 2. The van der Waals surface area contributed by atoms with E-state index in [1.165, 1.54) is 11.1 Å². The molecule has 1 atom stereocenters. The first-order valence-corrected chi connectivity index (χ1v) is 7.51. The van der Waals surface area contributed by atoms with Crippen molar-refractivity contribution < 1.29 is 14.6 Å². The van der Waals surface area contributed by atoms with Gasteiger partial charge < -0.3 is 14.7 Å². The number of benzene rings is 1. The van der Waals surface area contributed by atoms with Crippen LogP contribution >= 0.6 is 0 Å². The van der Waals surface area contributed by atoms with Gasteiger partial charge in [-0.2, -0.15) is 0 Å². The fourth-order valence-corrected chi connectivity index (χ4v) is 2.86. The summed E-state index contributed by atoms with van der Waals surface area (Å²) in [6.07, 6.45) is 0.969. The number of morpholine rings is 1. The molecule has 1 aromatic carbocycles. The molecule has 1 heterocycles. The predicted octanol–water partition coefficient (Wildman–Crippen LogP) is 1.93. The molecule has 1 amide bonds. The molecule has 1 aliphatic heterocycles. The standard InChI is InChI=1S/C17H25NO3/c1-13-5-4-6-14(9-13)7-8-16(20)18-10-15(11-19)21-17(2,3)12-18/h4-6,9,15,19H,7-8,10-12H2,1-3H3. The van der Waals surface area contributed by atoms with Crippen LogP contribution in [0.2, 0.25) is 0 Å². The highest BCUT2D eigenvalue weighted by Crippen LogP contribution is 2.21. The second-order valence-electron chi connectivity index (χ2n) is 6.45. The van der Waals surface area contributed by atoms with Crippen LogP contribution in [0.25, 0.3) is 0 Å². The fraction of sp³-hybridized carbons (Fsp3) is 0.588. The molecule has 0 aromatic heterocycles. The van der Waals surface area contributed by atoms with Crippen LogP contribution in [0, 0.1) is 6.92 Å². The molecule has 2 rings (SSSR count). The fourth-order valence-electron chi connectivity index (χ4n) is 2.86. The maximum atomic E-state index is 12.4. The Morgan fingerprint density at radius 1 is 1.48 bits per heavy atom. The predicted molar refractivity (Wildman–Crippen MR) is 82.1 cm³/mol. The van der Waals surface area contributed by atoms with Gasteiger partial charge in [-0.3, -0.25) is 4.79 Å². The van der Waals surface area contributed by atoms with Crippen molar-refractivity contribution in [2.45, 2.75) is 45.3 Å². The second-order valence-corrected chi connectivity index (χ2v) is 6.45. The minimum absolute atomic E-state index is 0.0505. The van der Waals surface area contributed by atoms with Gasteiger partial charge in [-0.15, -0.1) is 0 Å². The Balaban J connectivity index is 1.93. The second kappa shape index (κ2) is 6.58. The minimum atomic E-state index is -0.398. The lowest BCUT2D eigenvalue weighted by atomic mass is 10.0. The van der Waals surface area contributed by atoms with Crippen LogP contribution in [0.15, 0.2) is 24.3 Å². The number of aliphatic hydroxyl groups excluding tert-OH is 1. The average Bonchev–Trinajstić information content (AvgIpc) is 2.43. The van der Waals surface area contributed by atoms with Crippen molar-refractivity contribution in [2.24, 2.45) is 0 Å². The third-order valence-electron chi connectivity index (χ3n) is 3.75. The third kappa shape index (κ3) is 4.55. The van der Waals surface area contributed by atoms with Crippen LogP contribution in [0.4, 0.5) is 0 Å². The summed E-state index contributed by atoms with van der Waals surface area (Å²) in [6.45, 7) is 6.97. The monoisotopic (exact) mass is 291 g/mol.